The highest BCUT2D eigenvalue weighted by molar-refractivity contribution is 7.16. The Kier molecular flexibility index (Phi) is 3.96. The summed E-state index contributed by atoms with van der Waals surface area (Å²) in [5.41, 5.74) is 2.34. The van der Waals surface area contributed by atoms with E-state index in [4.69, 9.17) is 0 Å². The van der Waals surface area contributed by atoms with Crippen molar-refractivity contribution in [2.24, 2.45) is 0 Å². The number of thiazole rings is 1. The second-order valence-corrected chi connectivity index (χ2v) is 6.32. The summed E-state index contributed by atoms with van der Waals surface area (Å²) in [6.07, 6.45) is 2.48. The van der Waals surface area contributed by atoms with E-state index in [2.05, 4.69) is 15.3 Å². The Morgan fingerprint density at radius 3 is 2.74 bits per heavy atom. The van der Waals surface area contributed by atoms with Crippen LogP contribution in [0.4, 0.5) is 5.13 Å². The van der Waals surface area contributed by atoms with E-state index in [0.29, 0.717) is 39.7 Å². The predicted octanol–water partition coefficient (Wildman–Crippen LogP) is 2.90. The Hall–Kier alpha value is -2.54. The molecule has 0 fully saturated rings. The van der Waals surface area contributed by atoms with Crippen LogP contribution in [0.5, 0.6) is 0 Å². The summed E-state index contributed by atoms with van der Waals surface area (Å²) >= 11 is 1.17. The lowest BCUT2D eigenvalue weighted by atomic mass is 9.93. The van der Waals surface area contributed by atoms with Gasteiger partial charge in [-0.3, -0.25) is 14.6 Å². The van der Waals surface area contributed by atoms with Crippen LogP contribution in [0.3, 0.4) is 0 Å². The molecule has 2 N–H and O–H groups in total. The number of nitrogens with zero attached hydrogens (tertiary/aromatic N) is 2. The Balaban J connectivity index is 1.95. The largest absolute Gasteiger partial charge is 0.506 e. The minimum absolute atomic E-state index is 0.0501. The fraction of sp³-hybridized carbons (Fsp3) is 0.250. The molecular weight excluding hydrogens is 314 g/mol. The average Bonchev–Trinajstić information content (AvgIpc) is 2.90. The molecule has 2 heterocycles. The van der Waals surface area contributed by atoms with Crippen molar-refractivity contribution >= 4 is 33.9 Å². The molecule has 0 aromatic carbocycles. The fourth-order valence-electron chi connectivity index (χ4n) is 2.41. The highest BCUT2D eigenvalue weighted by Gasteiger charge is 2.27. The summed E-state index contributed by atoms with van der Waals surface area (Å²) in [7, 11) is 0. The zero-order valence-electron chi connectivity index (χ0n) is 12.7. The maximum atomic E-state index is 12.6. The van der Waals surface area contributed by atoms with Crippen molar-refractivity contribution < 1.29 is 14.7 Å². The topological polar surface area (TPSA) is 92.2 Å². The van der Waals surface area contributed by atoms with Crippen LogP contribution in [0.1, 0.15) is 40.0 Å². The van der Waals surface area contributed by atoms with Crippen LogP contribution < -0.4 is 5.32 Å². The first-order valence-corrected chi connectivity index (χ1v) is 7.94. The quantitative estimate of drug-likeness (QED) is 0.845. The van der Waals surface area contributed by atoms with Gasteiger partial charge in [0.25, 0.3) is 0 Å². The lowest BCUT2D eigenvalue weighted by Gasteiger charge is -2.14. The van der Waals surface area contributed by atoms with E-state index >= 15 is 0 Å². The van der Waals surface area contributed by atoms with Gasteiger partial charge in [-0.1, -0.05) is 11.3 Å². The minimum Gasteiger partial charge on any atom is -0.506 e. The van der Waals surface area contributed by atoms with Gasteiger partial charge in [0.2, 0.25) is 5.91 Å². The van der Waals surface area contributed by atoms with Gasteiger partial charge < -0.3 is 10.4 Å². The summed E-state index contributed by atoms with van der Waals surface area (Å²) in [6.45, 7) is 3.24. The molecular formula is C16H15N3O3S. The van der Waals surface area contributed by atoms with E-state index in [-0.39, 0.29) is 17.4 Å². The number of fused-ring (bicyclic) bond motifs is 1. The molecule has 1 aliphatic rings. The number of allylic oxidation sites excluding steroid dienone is 1. The van der Waals surface area contributed by atoms with Gasteiger partial charge in [0.1, 0.15) is 5.76 Å². The molecule has 3 rings (SSSR count). The Morgan fingerprint density at radius 2 is 2.09 bits per heavy atom. The third-order valence-electron chi connectivity index (χ3n) is 3.54. The number of aliphatic hydroxyl groups is 1. The monoisotopic (exact) mass is 329 g/mol. The van der Waals surface area contributed by atoms with E-state index < -0.39 is 0 Å². The molecule has 0 unspecified atom stereocenters. The van der Waals surface area contributed by atoms with Gasteiger partial charge >= 0.3 is 0 Å². The van der Waals surface area contributed by atoms with Gasteiger partial charge in [0, 0.05) is 30.0 Å². The molecule has 0 saturated carbocycles. The minimum atomic E-state index is -0.227. The second-order valence-electron chi connectivity index (χ2n) is 5.32. The molecule has 1 aliphatic carbocycles. The number of Topliss-reactive ketones (excluding diaryl/α,β-unsaturated/α-hetero) is 1. The predicted molar refractivity (Wildman–Crippen MR) is 87.6 cm³/mol. The van der Waals surface area contributed by atoms with Crippen LogP contribution in [0.2, 0.25) is 0 Å². The molecule has 0 bridgehead atoms. The van der Waals surface area contributed by atoms with Gasteiger partial charge in [-0.05, 0) is 31.9 Å². The molecule has 0 atom stereocenters. The molecule has 7 heteroatoms. The van der Waals surface area contributed by atoms with Crippen molar-refractivity contribution in [2.75, 3.05) is 5.32 Å². The number of anilines is 1. The third-order valence-corrected chi connectivity index (χ3v) is 4.56. The number of hydrogen-bond acceptors (Lipinski definition) is 6. The summed E-state index contributed by atoms with van der Waals surface area (Å²) in [5, 5.41) is 13.5. The molecule has 0 spiro atoms. The smallest absolute Gasteiger partial charge is 0.223 e. The normalized spacial score (nSPS) is 13.7. The number of aliphatic hydroxyl groups excluding tert-OH is 1. The van der Waals surface area contributed by atoms with Gasteiger partial charge in [0.05, 0.1) is 10.6 Å². The Morgan fingerprint density at radius 1 is 1.30 bits per heavy atom. The zero-order chi connectivity index (χ0) is 16.6. The second kappa shape index (κ2) is 5.92. The van der Waals surface area contributed by atoms with Crippen LogP contribution in [-0.2, 0) is 11.2 Å². The summed E-state index contributed by atoms with van der Waals surface area (Å²) in [4.78, 5) is 32.6. The van der Waals surface area contributed by atoms with Crippen LogP contribution in [0.25, 0.3) is 5.76 Å². The highest BCUT2D eigenvalue weighted by Crippen LogP contribution is 2.36. The SMILES string of the molecule is CC(=O)Nc1nc2c(s1)C(O)=C(C(=O)c1ccc(C)nc1)CC2. The van der Waals surface area contributed by atoms with E-state index in [1.807, 2.05) is 6.92 Å². The molecule has 6 nitrogen and oxygen atoms in total. The van der Waals surface area contributed by atoms with Crippen molar-refractivity contribution in [1.82, 2.24) is 9.97 Å². The molecule has 23 heavy (non-hydrogen) atoms. The van der Waals surface area contributed by atoms with Crippen molar-refractivity contribution in [3.8, 4) is 0 Å². The number of pyridine rings is 1. The van der Waals surface area contributed by atoms with E-state index in [1.54, 1.807) is 12.1 Å². The Labute approximate surface area is 136 Å². The maximum absolute atomic E-state index is 12.6. The molecule has 2 aromatic heterocycles. The lowest BCUT2D eigenvalue weighted by Crippen LogP contribution is -2.12. The molecule has 1 amide bonds. The van der Waals surface area contributed by atoms with E-state index in [1.165, 1.54) is 24.5 Å². The van der Waals surface area contributed by atoms with Crippen LogP contribution in [0.15, 0.2) is 23.9 Å². The van der Waals surface area contributed by atoms with Gasteiger partial charge in [-0.2, -0.15) is 0 Å². The first-order chi connectivity index (χ1) is 11.0. The lowest BCUT2D eigenvalue weighted by molar-refractivity contribution is -0.114. The number of aryl methyl sites for hydroxylation is 2. The number of rotatable bonds is 3. The van der Waals surface area contributed by atoms with Crippen molar-refractivity contribution in [2.45, 2.75) is 26.7 Å². The van der Waals surface area contributed by atoms with Gasteiger partial charge in [-0.15, -0.1) is 0 Å². The summed E-state index contributed by atoms with van der Waals surface area (Å²) < 4.78 is 0. The zero-order valence-corrected chi connectivity index (χ0v) is 13.5. The summed E-state index contributed by atoms with van der Waals surface area (Å²) in [6, 6.07) is 3.47. The number of ketones is 1. The molecule has 0 aliphatic heterocycles. The Bertz CT molecular complexity index is 822. The standard InChI is InChI=1S/C16H15N3O3S/c1-8-3-4-10(7-17-8)13(21)11-5-6-12-15(14(11)22)23-16(19-12)18-9(2)20/h3-4,7,22H,5-6H2,1-2H3,(H,18,19,20). The van der Waals surface area contributed by atoms with Gasteiger partial charge in [0.15, 0.2) is 10.9 Å². The number of carbonyl (C=O) groups is 2. The third kappa shape index (κ3) is 3.00. The molecule has 0 radical (unpaired) electrons. The first-order valence-electron chi connectivity index (χ1n) is 7.13. The molecule has 118 valence electrons. The van der Waals surface area contributed by atoms with Crippen LogP contribution >= 0.6 is 11.3 Å². The van der Waals surface area contributed by atoms with E-state index in [0.717, 1.165) is 5.69 Å². The fourth-order valence-corrected chi connectivity index (χ4v) is 3.44. The number of nitrogens with one attached hydrogen (secondary N) is 1. The van der Waals surface area contributed by atoms with Gasteiger partial charge in [-0.25, -0.2) is 4.98 Å². The van der Waals surface area contributed by atoms with Crippen molar-refractivity contribution in [1.29, 1.82) is 0 Å². The number of aromatic nitrogens is 2. The highest BCUT2D eigenvalue weighted by atomic mass is 32.1. The molecule has 0 saturated heterocycles. The first kappa shape index (κ1) is 15.4. The summed E-state index contributed by atoms with van der Waals surface area (Å²) in [5.74, 6) is -0.498. The van der Waals surface area contributed by atoms with Crippen LogP contribution in [-0.4, -0.2) is 26.8 Å². The van der Waals surface area contributed by atoms with Crippen LogP contribution in [0, 0.1) is 6.92 Å². The molecule has 2 aromatic rings. The maximum Gasteiger partial charge on any atom is 0.223 e. The average molecular weight is 329 g/mol. The van der Waals surface area contributed by atoms with Crippen molar-refractivity contribution in [3.63, 3.8) is 0 Å². The van der Waals surface area contributed by atoms with E-state index in [9.17, 15) is 14.7 Å². The number of carbonyl (C=O) groups excluding carboxylic acids is 2. The number of amides is 1. The number of hydrogen-bond donors (Lipinski definition) is 2. The van der Waals surface area contributed by atoms with Crippen molar-refractivity contribution in [3.05, 3.63) is 45.7 Å².